The Labute approximate surface area is 116 Å². The summed E-state index contributed by atoms with van der Waals surface area (Å²) in [5.74, 6) is -3.34. The van der Waals surface area contributed by atoms with Crippen molar-refractivity contribution in [2.75, 3.05) is 5.73 Å². The highest BCUT2D eigenvalue weighted by Gasteiger charge is 2.18. The van der Waals surface area contributed by atoms with E-state index in [1.54, 1.807) is 24.3 Å². The molecule has 1 aromatic heterocycles. The lowest BCUT2D eigenvalue weighted by molar-refractivity contribution is 0.487. The fourth-order valence-corrected chi connectivity index (χ4v) is 1.86. The molecule has 0 aliphatic carbocycles. The number of benzene rings is 2. The number of nitrogens with two attached hydrogens (primary N) is 1. The van der Waals surface area contributed by atoms with E-state index in [2.05, 4.69) is 15.5 Å². The van der Waals surface area contributed by atoms with Gasteiger partial charge in [0.2, 0.25) is 0 Å². The van der Waals surface area contributed by atoms with Gasteiger partial charge in [-0.2, -0.15) is 4.68 Å². The van der Waals surface area contributed by atoms with Crippen molar-refractivity contribution in [3.8, 4) is 17.1 Å². The molecule has 21 heavy (non-hydrogen) atoms. The standard InChI is InChI=1S/C13H8F3N5/c14-8-5-10(15)12(16)11(6-8)21-13(18-19-20-21)7-1-3-9(17)4-2-7/h1-6H,17H2. The van der Waals surface area contributed by atoms with E-state index in [0.717, 1.165) is 10.7 Å². The average molecular weight is 291 g/mol. The van der Waals surface area contributed by atoms with Gasteiger partial charge in [0.05, 0.1) is 0 Å². The van der Waals surface area contributed by atoms with Gasteiger partial charge in [0.15, 0.2) is 17.5 Å². The van der Waals surface area contributed by atoms with Crippen molar-refractivity contribution >= 4 is 5.69 Å². The quantitative estimate of drug-likeness (QED) is 0.581. The van der Waals surface area contributed by atoms with E-state index in [1.807, 2.05) is 0 Å². The molecule has 2 aromatic carbocycles. The number of aromatic nitrogens is 4. The molecule has 0 radical (unpaired) electrons. The molecule has 8 heteroatoms. The Hall–Kier alpha value is -2.90. The highest BCUT2D eigenvalue weighted by atomic mass is 19.2. The van der Waals surface area contributed by atoms with Gasteiger partial charge in [-0.3, -0.25) is 0 Å². The first kappa shape index (κ1) is 13.1. The predicted octanol–water partition coefficient (Wildman–Crippen LogP) is 2.33. The van der Waals surface area contributed by atoms with Crippen molar-refractivity contribution in [3.63, 3.8) is 0 Å². The molecule has 5 nitrogen and oxygen atoms in total. The van der Waals surface area contributed by atoms with Crippen molar-refractivity contribution in [1.82, 2.24) is 20.2 Å². The van der Waals surface area contributed by atoms with Crippen LogP contribution in [0.1, 0.15) is 0 Å². The summed E-state index contributed by atoms with van der Waals surface area (Å²) in [6.07, 6.45) is 0. The van der Waals surface area contributed by atoms with E-state index < -0.39 is 23.1 Å². The minimum Gasteiger partial charge on any atom is -0.399 e. The van der Waals surface area contributed by atoms with E-state index in [9.17, 15) is 13.2 Å². The van der Waals surface area contributed by atoms with Crippen LogP contribution in [-0.4, -0.2) is 20.2 Å². The number of nitrogens with zero attached hydrogens (tertiary/aromatic N) is 4. The van der Waals surface area contributed by atoms with Crippen LogP contribution in [-0.2, 0) is 0 Å². The topological polar surface area (TPSA) is 69.6 Å². The molecule has 2 N–H and O–H groups in total. The highest BCUT2D eigenvalue weighted by molar-refractivity contribution is 5.60. The predicted molar refractivity (Wildman–Crippen MR) is 68.9 cm³/mol. The molecule has 0 amide bonds. The zero-order valence-electron chi connectivity index (χ0n) is 10.5. The lowest BCUT2D eigenvalue weighted by Crippen LogP contribution is -2.05. The number of hydrogen-bond acceptors (Lipinski definition) is 4. The van der Waals surface area contributed by atoms with Crippen LogP contribution in [0.5, 0.6) is 0 Å². The summed E-state index contributed by atoms with van der Waals surface area (Å²) in [5, 5.41) is 10.7. The van der Waals surface area contributed by atoms with Crippen LogP contribution in [0.4, 0.5) is 18.9 Å². The maximum Gasteiger partial charge on any atom is 0.187 e. The summed E-state index contributed by atoms with van der Waals surface area (Å²) in [6, 6.07) is 7.71. The summed E-state index contributed by atoms with van der Waals surface area (Å²) < 4.78 is 41.3. The molecule has 0 saturated carbocycles. The molecule has 106 valence electrons. The van der Waals surface area contributed by atoms with Crippen molar-refractivity contribution in [1.29, 1.82) is 0 Å². The molecule has 0 saturated heterocycles. The molecule has 0 aliphatic rings. The second-order valence-electron chi connectivity index (χ2n) is 4.26. The maximum atomic E-state index is 13.8. The normalized spacial score (nSPS) is 10.8. The van der Waals surface area contributed by atoms with Gasteiger partial charge >= 0.3 is 0 Å². The SMILES string of the molecule is Nc1ccc(-c2nnnn2-c2cc(F)cc(F)c2F)cc1. The van der Waals surface area contributed by atoms with Crippen LogP contribution >= 0.6 is 0 Å². The van der Waals surface area contributed by atoms with E-state index in [-0.39, 0.29) is 5.82 Å². The van der Waals surface area contributed by atoms with E-state index in [0.29, 0.717) is 17.3 Å². The van der Waals surface area contributed by atoms with Gasteiger partial charge in [0.1, 0.15) is 11.5 Å². The molecule has 1 heterocycles. The molecular formula is C13H8F3N5. The van der Waals surface area contributed by atoms with Crippen LogP contribution in [0.15, 0.2) is 36.4 Å². The van der Waals surface area contributed by atoms with Gasteiger partial charge < -0.3 is 5.73 Å². The number of hydrogen-bond donors (Lipinski definition) is 1. The van der Waals surface area contributed by atoms with E-state index in [4.69, 9.17) is 5.73 Å². The van der Waals surface area contributed by atoms with Crippen LogP contribution in [0.25, 0.3) is 17.1 Å². The Morgan fingerprint density at radius 1 is 1.00 bits per heavy atom. The van der Waals surface area contributed by atoms with Crippen LogP contribution in [0.3, 0.4) is 0 Å². The summed E-state index contributed by atoms with van der Waals surface area (Å²) >= 11 is 0. The molecular weight excluding hydrogens is 283 g/mol. The Kier molecular flexibility index (Phi) is 3.05. The monoisotopic (exact) mass is 291 g/mol. The van der Waals surface area contributed by atoms with E-state index >= 15 is 0 Å². The second-order valence-corrected chi connectivity index (χ2v) is 4.26. The molecule has 0 bridgehead atoms. The van der Waals surface area contributed by atoms with Gasteiger partial charge in [-0.15, -0.1) is 5.10 Å². The largest absolute Gasteiger partial charge is 0.399 e. The van der Waals surface area contributed by atoms with Gasteiger partial charge in [-0.25, -0.2) is 13.2 Å². The second kappa shape index (κ2) is 4.89. The van der Waals surface area contributed by atoms with E-state index in [1.165, 1.54) is 0 Å². The lowest BCUT2D eigenvalue weighted by Gasteiger charge is -2.07. The molecule has 3 aromatic rings. The number of anilines is 1. The molecule has 0 unspecified atom stereocenters. The third kappa shape index (κ3) is 2.31. The fraction of sp³-hybridized carbons (Fsp3) is 0. The fourth-order valence-electron chi connectivity index (χ4n) is 1.86. The first-order valence-corrected chi connectivity index (χ1v) is 5.85. The van der Waals surface area contributed by atoms with Crippen molar-refractivity contribution in [2.45, 2.75) is 0 Å². The molecule has 3 rings (SSSR count). The Bertz CT molecular complexity index is 798. The number of rotatable bonds is 2. The van der Waals surface area contributed by atoms with Crippen LogP contribution in [0.2, 0.25) is 0 Å². The lowest BCUT2D eigenvalue weighted by atomic mass is 10.2. The summed E-state index contributed by atoms with van der Waals surface area (Å²) in [4.78, 5) is 0. The van der Waals surface area contributed by atoms with Gasteiger partial charge in [-0.05, 0) is 34.7 Å². The van der Waals surface area contributed by atoms with Crippen LogP contribution < -0.4 is 5.73 Å². The minimum absolute atomic E-state index is 0.138. The van der Waals surface area contributed by atoms with Gasteiger partial charge in [0, 0.05) is 23.4 Å². The Morgan fingerprint density at radius 2 is 1.71 bits per heavy atom. The number of tetrazole rings is 1. The average Bonchev–Trinajstić information content (AvgIpc) is 2.93. The highest BCUT2D eigenvalue weighted by Crippen LogP contribution is 2.23. The third-order valence-corrected chi connectivity index (χ3v) is 2.84. The van der Waals surface area contributed by atoms with Crippen molar-refractivity contribution in [2.24, 2.45) is 0 Å². The third-order valence-electron chi connectivity index (χ3n) is 2.84. The summed E-state index contributed by atoms with van der Waals surface area (Å²) in [7, 11) is 0. The Morgan fingerprint density at radius 3 is 2.43 bits per heavy atom. The number of nitrogen functional groups attached to an aromatic ring is 1. The first-order valence-electron chi connectivity index (χ1n) is 5.85. The van der Waals surface area contributed by atoms with Crippen LogP contribution in [0, 0.1) is 17.5 Å². The molecule has 0 spiro atoms. The summed E-state index contributed by atoms with van der Waals surface area (Å²) in [5.41, 5.74) is 6.22. The number of halogens is 3. The van der Waals surface area contributed by atoms with Crippen molar-refractivity contribution < 1.29 is 13.2 Å². The summed E-state index contributed by atoms with van der Waals surface area (Å²) in [6.45, 7) is 0. The van der Waals surface area contributed by atoms with Crippen molar-refractivity contribution in [3.05, 3.63) is 53.8 Å². The molecule has 0 fully saturated rings. The molecule has 0 atom stereocenters. The zero-order valence-corrected chi connectivity index (χ0v) is 10.5. The molecule has 0 aliphatic heterocycles. The Balaban J connectivity index is 2.18. The first-order chi connectivity index (χ1) is 10.1. The minimum atomic E-state index is -1.32. The smallest absolute Gasteiger partial charge is 0.187 e. The zero-order chi connectivity index (χ0) is 15.0. The van der Waals surface area contributed by atoms with Gasteiger partial charge in [-0.1, -0.05) is 0 Å². The maximum absolute atomic E-state index is 13.8. The van der Waals surface area contributed by atoms with Gasteiger partial charge in [0.25, 0.3) is 0 Å².